The normalized spacial score (nSPS) is 14.3. The molecule has 0 aromatic heterocycles. The maximum absolute atomic E-state index is 12.7. The second-order valence-electron chi connectivity index (χ2n) is 6.79. The lowest BCUT2D eigenvalue weighted by atomic mass is 10.1. The molecule has 0 aliphatic carbocycles. The van der Waals surface area contributed by atoms with Gasteiger partial charge in [0.05, 0.1) is 11.9 Å². The van der Waals surface area contributed by atoms with Crippen molar-refractivity contribution in [2.24, 2.45) is 5.92 Å². The van der Waals surface area contributed by atoms with Crippen LogP contribution in [0.5, 0.6) is 0 Å². The first-order valence-electron chi connectivity index (χ1n) is 8.36. The summed E-state index contributed by atoms with van der Waals surface area (Å²) in [5.41, 5.74) is 2.60. The summed E-state index contributed by atoms with van der Waals surface area (Å²) in [6.07, 6.45) is 1.54. The van der Waals surface area contributed by atoms with Crippen LogP contribution in [-0.4, -0.2) is 32.7 Å². The van der Waals surface area contributed by atoms with Crippen molar-refractivity contribution in [1.29, 1.82) is 0 Å². The number of anilines is 1. The number of carbonyl (C=O) groups excluding carboxylic acids is 1. The van der Waals surface area contributed by atoms with Gasteiger partial charge in [0.15, 0.2) is 0 Å². The highest BCUT2D eigenvalue weighted by atomic mass is 32.2. The van der Waals surface area contributed by atoms with Crippen molar-refractivity contribution in [1.82, 2.24) is 5.32 Å². The number of nitrogens with one attached hydrogen (secondary N) is 1. The standard InChI is InChI=1S/C18H30N2O3S/c1-8-17(18(21)19-15(6)12(2)3)20(24(7,22)23)16-10-9-13(4)14(5)11-16/h9-12,15,17H,8H2,1-7H3,(H,19,21)/t15-,17-/m0/s1. The first-order chi connectivity index (χ1) is 11.0. The predicted octanol–water partition coefficient (Wildman–Crippen LogP) is 3.01. The second kappa shape index (κ2) is 8.01. The van der Waals surface area contributed by atoms with E-state index >= 15 is 0 Å². The van der Waals surface area contributed by atoms with Crippen molar-refractivity contribution >= 4 is 21.6 Å². The number of benzene rings is 1. The van der Waals surface area contributed by atoms with E-state index in [9.17, 15) is 13.2 Å². The lowest BCUT2D eigenvalue weighted by Crippen LogP contribution is -2.52. The smallest absolute Gasteiger partial charge is 0.244 e. The number of hydrogen-bond acceptors (Lipinski definition) is 3. The van der Waals surface area contributed by atoms with E-state index in [0.717, 1.165) is 17.4 Å². The molecule has 136 valence electrons. The van der Waals surface area contributed by atoms with E-state index in [4.69, 9.17) is 0 Å². The molecule has 0 fully saturated rings. The maximum atomic E-state index is 12.7. The van der Waals surface area contributed by atoms with Crippen LogP contribution in [0.25, 0.3) is 0 Å². The van der Waals surface area contributed by atoms with Gasteiger partial charge in [0.2, 0.25) is 15.9 Å². The average molecular weight is 355 g/mol. The van der Waals surface area contributed by atoms with Gasteiger partial charge in [-0.25, -0.2) is 8.42 Å². The zero-order valence-electron chi connectivity index (χ0n) is 15.8. The van der Waals surface area contributed by atoms with Crippen molar-refractivity contribution in [2.75, 3.05) is 10.6 Å². The first kappa shape index (κ1) is 20.5. The Morgan fingerprint density at radius 2 is 1.75 bits per heavy atom. The van der Waals surface area contributed by atoms with Gasteiger partial charge in [-0.2, -0.15) is 0 Å². The van der Waals surface area contributed by atoms with Crippen molar-refractivity contribution in [3.05, 3.63) is 29.3 Å². The first-order valence-corrected chi connectivity index (χ1v) is 10.2. The average Bonchev–Trinajstić information content (AvgIpc) is 2.46. The van der Waals surface area contributed by atoms with E-state index < -0.39 is 16.1 Å². The Morgan fingerprint density at radius 1 is 1.17 bits per heavy atom. The molecule has 0 heterocycles. The maximum Gasteiger partial charge on any atom is 0.244 e. The fourth-order valence-corrected chi connectivity index (χ4v) is 3.61. The Morgan fingerprint density at radius 3 is 2.17 bits per heavy atom. The highest BCUT2D eigenvalue weighted by Crippen LogP contribution is 2.25. The lowest BCUT2D eigenvalue weighted by Gasteiger charge is -2.32. The number of nitrogens with zero attached hydrogens (tertiary/aromatic N) is 1. The van der Waals surface area contributed by atoms with E-state index in [1.807, 2.05) is 53.7 Å². The molecule has 1 N–H and O–H groups in total. The van der Waals surface area contributed by atoms with Gasteiger partial charge >= 0.3 is 0 Å². The zero-order valence-corrected chi connectivity index (χ0v) is 16.6. The second-order valence-corrected chi connectivity index (χ2v) is 8.65. The monoisotopic (exact) mass is 354 g/mol. The molecule has 0 aliphatic rings. The third kappa shape index (κ3) is 4.97. The van der Waals surface area contributed by atoms with Gasteiger partial charge in [0.25, 0.3) is 0 Å². The molecule has 0 bridgehead atoms. The third-order valence-corrected chi connectivity index (χ3v) is 5.62. The Bertz CT molecular complexity index is 684. The fourth-order valence-electron chi connectivity index (χ4n) is 2.41. The van der Waals surface area contributed by atoms with Crippen molar-refractivity contribution < 1.29 is 13.2 Å². The quantitative estimate of drug-likeness (QED) is 0.818. The van der Waals surface area contributed by atoms with Gasteiger partial charge in [-0.15, -0.1) is 0 Å². The minimum atomic E-state index is -3.59. The van der Waals surface area contributed by atoms with Gasteiger partial charge in [-0.1, -0.05) is 26.8 Å². The van der Waals surface area contributed by atoms with Crippen LogP contribution in [0, 0.1) is 19.8 Å². The molecule has 2 atom stereocenters. The highest BCUT2D eigenvalue weighted by molar-refractivity contribution is 7.92. The molecule has 0 spiro atoms. The number of aryl methyl sites for hydroxylation is 2. The van der Waals surface area contributed by atoms with Crippen LogP contribution in [0.2, 0.25) is 0 Å². The molecule has 0 saturated heterocycles. The summed E-state index contributed by atoms with van der Waals surface area (Å²) in [6.45, 7) is 11.7. The highest BCUT2D eigenvalue weighted by Gasteiger charge is 2.32. The number of rotatable bonds is 7. The molecule has 0 saturated carbocycles. The summed E-state index contributed by atoms with van der Waals surface area (Å²) in [6, 6.07) is 4.67. The minimum absolute atomic E-state index is 0.0206. The van der Waals surface area contributed by atoms with Gasteiger partial charge in [-0.05, 0) is 56.4 Å². The summed E-state index contributed by atoms with van der Waals surface area (Å²) in [7, 11) is -3.59. The molecule has 1 aromatic carbocycles. The van der Waals surface area contributed by atoms with Crippen molar-refractivity contribution in [3.63, 3.8) is 0 Å². The Hall–Kier alpha value is -1.56. The molecule has 1 aromatic rings. The van der Waals surface area contributed by atoms with Gasteiger partial charge < -0.3 is 5.32 Å². The van der Waals surface area contributed by atoms with Gasteiger partial charge in [0, 0.05) is 6.04 Å². The van der Waals surface area contributed by atoms with Crippen LogP contribution >= 0.6 is 0 Å². The molecule has 24 heavy (non-hydrogen) atoms. The molecular formula is C18H30N2O3S. The summed E-state index contributed by atoms with van der Waals surface area (Å²) < 4.78 is 26.0. The fraction of sp³-hybridized carbons (Fsp3) is 0.611. The molecular weight excluding hydrogens is 324 g/mol. The van der Waals surface area contributed by atoms with Gasteiger partial charge in [-0.3, -0.25) is 9.10 Å². The number of amides is 1. The van der Waals surface area contributed by atoms with Crippen LogP contribution in [0.1, 0.15) is 45.2 Å². The lowest BCUT2D eigenvalue weighted by molar-refractivity contribution is -0.123. The number of hydrogen-bond donors (Lipinski definition) is 1. The van der Waals surface area contributed by atoms with Crippen LogP contribution in [0.15, 0.2) is 18.2 Å². The van der Waals surface area contributed by atoms with Gasteiger partial charge in [0.1, 0.15) is 6.04 Å². The van der Waals surface area contributed by atoms with E-state index in [2.05, 4.69) is 5.32 Å². The predicted molar refractivity (Wildman–Crippen MR) is 99.8 cm³/mol. The van der Waals surface area contributed by atoms with Crippen LogP contribution in [-0.2, 0) is 14.8 Å². The van der Waals surface area contributed by atoms with Crippen LogP contribution in [0.4, 0.5) is 5.69 Å². The SMILES string of the molecule is CC[C@@H](C(=O)N[C@@H](C)C(C)C)N(c1ccc(C)c(C)c1)S(C)(=O)=O. The molecule has 0 radical (unpaired) electrons. The summed E-state index contributed by atoms with van der Waals surface area (Å²) in [5.74, 6) is 0.0158. The minimum Gasteiger partial charge on any atom is -0.352 e. The topological polar surface area (TPSA) is 66.5 Å². The van der Waals surface area contributed by atoms with E-state index in [1.54, 1.807) is 6.07 Å². The van der Waals surface area contributed by atoms with E-state index in [1.165, 1.54) is 4.31 Å². The molecule has 6 heteroatoms. The van der Waals surface area contributed by atoms with E-state index in [0.29, 0.717) is 12.1 Å². The van der Waals surface area contributed by atoms with Crippen LogP contribution in [0.3, 0.4) is 0 Å². The Labute approximate surface area is 146 Å². The molecule has 1 amide bonds. The zero-order chi connectivity index (χ0) is 18.7. The number of carbonyl (C=O) groups is 1. The molecule has 1 rings (SSSR count). The van der Waals surface area contributed by atoms with Crippen LogP contribution < -0.4 is 9.62 Å². The molecule has 0 unspecified atom stereocenters. The molecule has 5 nitrogen and oxygen atoms in total. The summed E-state index contributed by atoms with van der Waals surface area (Å²) in [4.78, 5) is 12.7. The van der Waals surface area contributed by atoms with Crippen molar-refractivity contribution in [2.45, 2.75) is 60.0 Å². The number of sulfonamides is 1. The largest absolute Gasteiger partial charge is 0.352 e. The van der Waals surface area contributed by atoms with Crippen molar-refractivity contribution in [3.8, 4) is 0 Å². The summed E-state index contributed by atoms with van der Waals surface area (Å²) in [5, 5.41) is 2.93. The Kier molecular flexibility index (Phi) is 6.84. The molecule has 0 aliphatic heterocycles. The summed E-state index contributed by atoms with van der Waals surface area (Å²) >= 11 is 0. The van der Waals surface area contributed by atoms with E-state index in [-0.39, 0.29) is 17.9 Å². The third-order valence-electron chi connectivity index (χ3n) is 4.44. The Balaban J connectivity index is 3.27.